The summed E-state index contributed by atoms with van der Waals surface area (Å²) in [6.07, 6.45) is 1.60. The highest BCUT2D eigenvalue weighted by Gasteiger charge is 2.10. The zero-order valence-electron chi connectivity index (χ0n) is 9.99. The lowest BCUT2D eigenvalue weighted by Crippen LogP contribution is -2.08. The minimum atomic E-state index is -0.125. The van der Waals surface area contributed by atoms with Crippen molar-refractivity contribution in [3.63, 3.8) is 0 Å². The number of carbonyl (C=O) groups excluding carboxylic acids is 1. The van der Waals surface area contributed by atoms with Crippen molar-refractivity contribution >= 4 is 29.1 Å². The largest absolute Gasteiger partial charge is 0.469 e. The molecule has 0 fully saturated rings. The van der Waals surface area contributed by atoms with Gasteiger partial charge in [0, 0.05) is 20.8 Å². The van der Waals surface area contributed by atoms with Gasteiger partial charge < -0.3 is 4.74 Å². The smallest absolute Gasteiger partial charge is 0.306 e. The van der Waals surface area contributed by atoms with Crippen LogP contribution in [0.15, 0.2) is 12.1 Å². The minimum Gasteiger partial charge on any atom is -0.469 e. The summed E-state index contributed by atoms with van der Waals surface area (Å²) in [6.45, 7) is 4.23. The van der Waals surface area contributed by atoms with E-state index in [4.69, 9.17) is 0 Å². The van der Waals surface area contributed by atoms with E-state index in [1.54, 1.807) is 11.8 Å². The van der Waals surface area contributed by atoms with E-state index in [9.17, 15) is 4.79 Å². The Labute approximate surface area is 105 Å². The van der Waals surface area contributed by atoms with Gasteiger partial charge in [-0.2, -0.15) is 11.8 Å². The number of rotatable bonds is 6. The van der Waals surface area contributed by atoms with Crippen molar-refractivity contribution in [2.45, 2.75) is 37.7 Å². The maximum Gasteiger partial charge on any atom is 0.306 e. The zero-order valence-corrected chi connectivity index (χ0v) is 11.6. The van der Waals surface area contributed by atoms with Crippen LogP contribution in [0.4, 0.5) is 0 Å². The van der Waals surface area contributed by atoms with Gasteiger partial charge in [-0.05, 0) is 18.6 Å². The zero-order chi connectivity index (χ0) is 12.0. The molecular weight excluding hydrogens is 240 g/mol. The summed E-state index contributed by atoms with van der Waals surface area (Å²) in [6, 6.07) is 4.37. The summed E-state index contributed by atoms with van der Waals surface area (Å²) in [7, 11) is 1.44. The predicted octanol–water partition coefficient (Wildman–Crippen LogP) is 3.50. The number of aryl methyl sites for hydroxylation is 1. The van der Waals surface area contributed by atoms with Crippen molar-refractivity contribution in [1.29, 1.82) is 0 Å². The number of thiophene rings is 1. The number of hydrogen-bond acceptors (Lipinski definition) is 4. The van der Waals surface area contributed by atoms with Gasteiger partial charge in [-0.15, -0.1) is 11.3 Å². The number of carbonyl (C=O) groups is 1. The highest BCUT2D eigenvalue weighted by atomic mass is 32.2. The van der Waals surface area contributed by atoms with Gasteiger partial charge in [0.2, 0.25) is 0 Å². The normalized spacial score (nSPS) is 12.4. The molecule has 1 rings (SSSR count). The van der Waals surface area contributed by atoms with Crippen LogP contribution in [-0.4, -0.2) is 18.3 Å². The number of ether oxygens (including phenoxy) is 1. The third-order valence-electron chi connectivity index (χ3n) is 2.26. The highest BCUT2D eigenvalue weighted by Crippen LogP contribution is 2.25. The lowest BCUT2D eigenvalue weighted by Gasteiger charge is -2.08. The summed E-state index contributed by atoms with van der Waals surface area (Å²) in [5.41, 5.74) is 0. The van der Waals surface area contributed by atoms with E-state index in [1.807, 2.05) is 11.3 Å². The number of methoxy groups -OCH3 is 1. The fourth-order valence-corrected chi connectivity index (χ4v) is 3.28. The lowest BCUT2D eigenvalue weighted by molar-refractivity contribution is -0.140. The van der Waals surface area contributed by atoms with Crippen molar-refractivity contribution in [3.05, 3.63) is 21.9 Å². The second-order valence-corrected chi connectivity index (χ2v) is 6.30. The molecule has 90 valence electrons. The average Bonchev–Trinajstić information content (AvgIpc) is 2.74. The van der Waals surface area contributed by atoms with Crippen LogP contribution in [0.3, 0.4) is 0 Å². The summed E-state index contributed by atoms with van der Waals surface area (Å²) in [5, 5.41) is 0.319. The highest BCUT2D eigenvalue weighted by molar-refractivity contribution is 7.99. The summed E-state index contributed by atoms with van der Waals surface area (Å²) in [5.74, 6) is 0.864. The fraction of sp³-hybridized carbons (Fsp3) is 0.583. The molecular formula is C12H18O2S2. The lowest BCUT2D eigenvalue weighted by atomic mass is 10.3. The Bertz CT molecular complexity index is 334. The van der Waals surface area contributed by atoms with Gasteiger partial charge in [-0.1, -0.05) is 13.8 Å². The quantitative estimate of drug-likeness (QED) is 0.731. The monoisotopic (exact) mass is 258 g/mol. The Morgan fingerprint density at radius 3 is 2.75 bits per heavy atom. The summed E-state index contributed by atoms with van der Waals surface area (Å²) < 4.78 is 4.64. The van der Waals surface area contributed by atoms with Crippen molar-refractivity contribution in [2.24, 2.45) is 0 Å². The van der Waals surface area contributed by atoms with Gasteiger partial charge in [0.1, 0.15) is 0 Å². The second kappa shape index (κ2) is 6.97. The Morgan fingerprint density at radius 2 is 2.19 bits per heavy atom. The third-order valence-corrected chi connectivity index (χ3v) is 4.88. The van der Waals surface area contributed by atoms with Crippen LogP contribution in [0.2, 0.25) is 0 Å². The van der Waals surface area contributed by atoms with Crippen LogP contribution in [0, 0.1) is 0 Å². The van der Waals surface area contributed by atoms with E-state index in [2.05, 4.69) is 30.7 Å². The molecule has 0 aliphatic rings. The molecule has 4 heteroatoms. The Hall–Kier alpha value is -0.480. The van der Waals surface area contributed by atoms with Gasteiger partial charge in [-0.3, -0.25) is 4.79 Å². The van der Waals surface area contributed by atoms with Crippen LogP contribution in [0.25, 0.3) is 0 Å². The molecule has 0 spiro atoms. The van der Waals surface area contributed by atoms with Crippen LogP contribution >= 0.6 is 23.1 Å². The molecule has 16 heavy (non-hydrogen) atoms. The molecule has 0 saturated heterocycles. The first kappa shape index (κ1) is 13.6. The molecule has 0 aromatic carbocycles. The maximum absolute atomic E-state index is 11.1. The Morgan fingerprint density at radius 1 is 1.50 bits per heavy atom. The van der Waals surface area contributed by atoms with Crippen molar-refractivity contribution in [2.75, 3.05) is 7.11 Å². The Kier molecular flexibility index (Phi) is 5.91. The molecule has 2 nitrogen and oxygen atoms in total. The van der Waals surface area contributed by atoms with Gasteiger partial charge in [0.15, 0.2) is 0 Å². The molecule has 0 bridgehead atoms. The van der Waals surface area contributed by atoms with E-state index in [1.165, 1.54) is 16.9 Å². The van der Waals surface area contributed by atoms with Gasteiger partial charge in [-0.25, -0.2) is 0 Å². The molecule has 1 atom stereocenters. The van der Waals surface area contributed by atoms with E-state index >= 15 is 0 Å². The Balaban J connectivity index is 2.31. The van der Waals surface area contributed by atoms with Gasteiger partial charge >= 0.3 is 5.97 Å². The van der Waals surface area contributed by atoms with Crippen LogP contribution in [0.1, 0.15) is 30.0 Å². The second-order valence-electron chi connectivity index (χ2n) is 3.62. The molecule has 1 unspecified atom stereocenters. The molecule has 0 saturated carbocycles. The fourth-order valence-electron chi connectivity index (χ4n) is 1.29. The van der Waals surface area contributed by atoms with E-state index in [0.717, 1.165) is 12.2 Å². The molecule has 1 aromatic rings. The van der Waals surface area contributed by atoms with Crippen LogP contribution in [0.5, 0.6) is 0 Å². The third kappa shape index (κ3) is 4.58. The molecule has 0 aliphatic carbocycles. The van der Waals surface area contributed by atoms with Crippen LogP contribution < -0.4 is 0 Å². The van der Waals surface area contributed by atoms with Crippen LogP contribution in [-0.2, 0) is 21.7 Å². The molecule has 0 aliphatic heterocycles. The van der Waals surface area contributed by atoms with Gasteiger partial charge in [0.05, 0.1) is 13.5 Å². The summed E-state index contributed by atoms with van der Waals surface area (Å²) >= 11 is 3.67. The SMILES string of the molecule is CCc1ccc(CSC(C)CC(=O)OC)s1. The number of hydrogen-bond donors (Lipinski definition) is 0. The molecule has 1 aromatic heterocycles. The first-order chi connectivity index (χ1) is 7.65. The van der Waals surface area contributed by atoms with Crippen molar-refractivity contribution in [3.8, 4) is 0 Å². The number of esters is 1. The van der Waals surface area contributed by atoms with Gasteiger partial charge in [0.25, 0.3) is 0 Å². The molecule has 0 N–H and O–H groups in total. The molecule has 0 amide bonds. The standard InChI is InChI=1S/C12H18O2S2/c1-4-10-5-6-11(16-10)8-15-9(2)7-12(13)14-3/h5-6,9H,4,7-8H2,1-3H3. The van der Waals surface area contributed by atoms with E-state index in [-0.39, 0.29) is 5.97 Å². The van der Waals surface area contributed by atoms with Crippen molar-refractivity contribution in [1.82, 2.24) is 0 Å². The maximum atomic E-state index is 11.1. The first-order valence-corrected chi connectivity index (χ1v) is 7.28. The van der Waals surface area contributed by atoms with E-state index < -0.39 is 0 Å². The number of thioether (sulfide) groups is 1. The van der Waals surface area contributed by atoms with E-state index in [0.29, 0.717) is 11.7 Å². The van der Waals surface area contributed by atoms with Crippen molar-refractivity contribution < 1.29 is 9.53 Å². The first-order valence-electron chi connectivity index (χ1n) is 5.41. The topological polar surface area (TPSA) is 26.3 Å². The predicted molar refractivity (Wildman–Crippen MR) is 71.1 cm³/mol. The summed E-state index contributed by atoms with van der Waals surface area (Å²) in [4.78, 5) is 13.9. The molecule has 0 radical (unpaired) electrons. The molecule has 1 heterocycles. The average molecular weight is 258 g/mol. The minimum absolute atomic E-state index is 0.125.